The van der Waals surface area contributed by atoms with Crippen molar-refractivity contribution >= 4 is 6.21 Å². The summed E-state index contributed by atoms with van der Waals surface area (Å²) in [5.74, 6) is 0. The molecule has 0 aromatic carbocycles. The molecule has 0 aromatic rings. The molecule has 0 saturated heterocycles. The Bertz CT molecular complexity index is 18.0. The molecule has 0 aliphatic carbocycles. The summed E-state index contributed by atoms with van der Waals surface area (Å²) in [6.45, 7) is 0.250. The summed E-state index contributed by atoms with van der Waals surface area (Å²) >= 11 is 0. The lowest BCUT2D eigenvalue weighted by molar-refractivity contribution is 1.34. The van der Waals surface area contributed by atoms with Gasteiger partial charge in [-0.3, -0.25) is 0 Å². The molecule has 0 aromatic heterocycles. The monoisotopic (exact) mass is 57.0 g/mol. The van der Waals surface area contributed by atoms with Gasteiger partial charge in [0.05, 0.1) is 0 Å². The second kappa shape index (κ2) is 2.63. The van der Waals surface area contributed by atoms with Crippen molar-refractivity contribution in [2.24, 2.45) is 5.73 Å². The van der Waals surface area contributed by atoms with E-state index in [-0.39, 0.29) is 6.54 Å². The minimum absolute atomic E-state index is 0.250. The lowest BCUT2D eigenvalue weighted by atomic mass is 10.8. The quantitative estimate of drug-likeness (QED) is 0.378. The molecule has 0 atom stereocenters. The fourth-order valence-electron chi connectivity index (χ4n) is 0. The highest BCUT2D eigenvalue weighted by atomic mass is 14.5. The van der Waals surface area contributed by atoms with E-state index >= 15 is 0 Å². The van der Waals surface area contributed by atoms with Gasteiger partial charge in [0.2, 0.25) is 0 Å². The van der Waals surface area contributed by atoms with Crippen molar-refractivity contribution in [3.63, 3.8) is 0 Å². The summed E-state index contributed by atoms with van der Waals surface area (Å²) < 4.78 is 0. The van der Waals surface area contributed by atoms with E-state index < -0.39 is 0 Å². The first-order chi connectivity index (χ1) is 1.91. The molecule has 2 N–H and O–H groups in total. The van der Waals surface area contributed by atoms with Crippen LogP contribution in [0.5, 0.6) is 0 Å². The maximum atomic E-state index is 7.62. The van der Waals surface area contributed by atoms with E-state index in [4.69, 9.17) is 11.1 Å². The van der Waals surface area contributed by atoms with Crippen LogP contribution in [0.25, 0.3) is 0 Å². The predicted molar refractivity (Wildman–Crippen MR) is 17.3 cm³/mol. The van der Waals surface area contributed by atoms with Crippen molar-refractivity contribution in [1.82, 2.24) is 5.41 Å². The number of rotatable bonds is 1. The number of hydrogen-bond acceptors (Lipinski definition) is 1. The molecule has 0 saturated carbocycles. The molecular formula is C2H5N2. The second-order valence-electron chi connectivity index (χ2n) is 0.418. The van der Waals surface area contributed by atoms with E-state index in [2.05, 4.69) is 0 Å². The Morgan fingerprint density at radius 2 is 2.25 bits per heavy atom. The first-order valence-electron chi connectivity index (χ1n) is 1.07. The van der Waals surface area contributed by atoms with Gasteiger partial charge in [-0.15, -0.1) is 0 Å². The van der Waals surface area contributed by atoms with Crippen LogP contribution in [0.3, 0.4) is 0 Å². The smallest absolute Gasteiger partial charge is 0.0406 e. The largest absolute Gasteiger partial charge is 0.326 e. The van der Waals surface area contributed by atoms with Crippen LogP contribution in [0.4, 0.5) is 0 Å². The van der Waals surface area contributed by atoms with Crippen LogP contribution in [-0.2, 0) is 0 Å². The zero-order chi connectivity index (χ0) is 3.41. The first-order valence-corrected chi connectivity index (χ1v) is 1.07. The number of nitrogens with two attached hydrogens (primary N) is 1. The Balaban J connectivity index is 2.30. The minimum atomic E-state index is 0.250. The summed E-state index contributed by atoms with van der Waals surface area (Å²) in [6, 6.07) is 0. The zero-order valence-electron chi connectivity index (χ0n) is 2.31. The summed E-state index contributed by atoms with van der Waals surface area (Å²) in [7, 11) is 0. The SMILES string of the molecule is [N]=CCN. The van der Waals surface area contributed by atoms with Gasteiger partial charge in [-0.05, 0) is 0 Å². The molecule has 0 aliphatic heterocycles. The molecule has 23 valence electrons. The predicted octanol–water partition coefficient (Wildman–Crippen LogP) is -1.18. The fourth-order valence-corrected chi connectivity index (χ4v) is 0. The van der Waals surface area contributed by atoms with Crippen molar-refractivity contribution in [2.75, 3.05) is 6.54 Å². The lowest BCUT2D eigenvalue weighted by Crippen LogP contribution is -1.98. The van der Waals surface area contributed by atoms with E-state index in [1.54, 1.807) is 0 Å². The lowest BCUT2D eigenvalue weighted by Gasteiger charge is -1.57. The highest BCUT2D eigenvalue weighted by Gasteiger charge is 1.47. The standard InChI is InChI=1S/C2H5N2/c3-1-2-4/h1H,2,4H2. The normalized spacial score (nSPS) is 6.25. The molecule has 0 amide bonds. The van der Waals surface area contributed by atoms with E-state index in [0.29, 0.717) is 0 Å². The van der Waals surface area contributed by atoms with Crippen molar-refractivity contribution in [3.05, 3.63) is 0 Å². The molecule has 0 heterocycles. The van der Waals surface area contributed by atoms with E-state index in [1.165, 1.54) is 0 Å². The van der Waals surface area contributed by atoms with Gasteiger partial charge < -0.3 is 5.73 Å². The highest BCUT2D eigenvalue weighted by Crippen LogP contribution is 1.15. The van der Waals surface area contributed by atoms with Crippen LogP contribution in [0, 0.1) is 0 Å². The van der Waals surface area contributed by atoms with E-state index in [0.717, 1.165) is 6.21 Å². The molecule has 0 unspecified atom stereocenters. The second-order valence-corrected chi connectivity index (χ2v) is 0.418. The van der Waals surface area contributed by atoms with Crippen LogP contribution >= 0.6 is 0 Å². The third kappa shape index (κ3) is 1.63. The highest BCUT2D eigenvalue weighted by molar-refractivity contribution is 5.55. The van der Waals surface area contributed by atoms with Crippen molar-refractivity contribution in [3.8, 4) is 0 Å². The van der Waals surface area contributed by atoms with Gasteiger partial charge in [0.25, 0.3) is 0 Å². The number of hydrogen-bond donors (Lipinski definition) is 1. The topological polar surface area (TPSA) is 48.3 Å². The molecular weight excluding hydrogens is 52.0 g/mol. The van der Waals surface area contributed by atoms with Crippen LogP contribution in [0.1, 0.15) is 0 Å². The van der Waals surface area contributed by atoms with Crippen LogP contribution < -0.4 is 11.1 Å². The molecule has 0 fully saturated rings. The minimum Gasteiger partial charge on any atom is -0.326 e. The molecule has 1 radical (unpaired) electrons. The van der Waals surface area contributed by atoms with Crippen LogP contribution in [0.2, 0.25) is 0 Å². The third-order valence-corrected chi connectivity index (χ3v) is 0.105. The van der Waals surface area contributed by atoms with Crippen LogP contribution in [-0.4, -0.2) is 12.8 Å². The number of nitrogens with zero attached hydrogens (tertiary/aromatic N) is 1. The van der Waals surface area contributed by atoms with Gasteiger partial charge >= 0.3 is 0 Å². The van der Waals surface area contributed by atoms with Gasteiger partial charge in [-0.1, -0.05) is 0 Å². The van der Waals surface area contributed by atoms with Gasteiger partial charge in [-0.2, -0.15) is 5.41 Å². The third-order valence-electron chi connectivity index (χ3n) is 0.105. The van der Waals surface area contributed by atoms with Crippen molar-refractivity contribution < 1.29 is 0 Å². The fraction of sp³-hybridized carbons (Fsp3) is 0.500. The maximum absolute atomic E-state index is 7.62. The first kappa shape index (κ1) is 3.63. The van der Waals surface area contributed by atoms with Gasteiger partial charge in [0.1, 0.15) is 0 Å². The Morgan fingerprint density at radius 1 is 2.00 bits per heavy atom. The molecule has 2 heteroatoms. The average molecular weight is 57.1 g/mol. The molecule has 0 spiro atoms. The summed E-state index contributed by atoms with van der Waals surface area (Å²) in [4.78, 5) is 0. The summed E-state index contributed by atoms with van der Waals surface area (Å²) in [6.07, 6.45) is 0.903. The molecule has 0 bridgehead atoms. The van der Waals surface area contributed by atoms with Gasteiger partial charge in [0.15, 0.2) is 0 Å². The zero-order valence-corrected chi connectivity index (χ0v) is 2.31. The van der Waals surface area contributed by atoms with E-state index in [1.807, 2.05) is 0 Å². The van der Waals surface area contributed by atoms with Gasteiger partial charge in [0, 0.05) is 12.8 Å². The molecule has 2 nitrogen and oxygen atoms in total. The molecule has 4 heavy (non-hydrogen) atoms. The average Bonchev–Trinajstić information content (AvgIpc) is 1.37. The van der Waals surface area contributed by atoms with Crippen molar-refractivity contribution in [2.45, 2.75) is 0 Å². The maximum Gasteiger partial charge on any atom is 0.0406 e. The summed E-state index contributed by atoms with van der Waals surface area (Å²) in [5, 5.41) is 7.62. The summed E-state index contributed by atoms with van der Waals surface area (Å²) in [5.41, 5.74) is 4.72. The Morgan fingerprint density at radius 3 is 2.25 bits per heavy atom. The molecule has 0 aliphatic rings. The Kier molecular flexibility index (Phi) is 2.39. The Hall–Kier alpha value is -0.370. The van der Waals surface area contributed by atoms with Crippen molar-refractivity contribution in [1.29, 1.82) is 0 Å². The van der Waals surface area contributed by atoms with Gasteiger partial charge in [-0.25, -0.2) is 0 Å². The molecule has 0 rings (SSSR count). The van der Waals surface area contributed by atoms with Crippen LogP contribution in [0.15, 0.2) is 0 Å². The van der Waals surface area contributed by atoms with E-state index in [9.17, 15) is 0 Å². The Labute approximate surface area is 25.1 Å².